The third-order valence-corrected chi connectivity index (χ3v) is 1.58. The van der Waals surface area contributed by atoms with Gasteiger partial charge in [-0.3, -0.25) is 0 Å². The summed E-state index contributed by atoms with van der Waals surface area (Å²) in [7, 11) is 0. The van der Waals surface area contributed by atoms with E-state index >= 15 is 0 Å². The number of hydrogen-bond acceptors (Lipinski definition) is 1. The zero-order chi connectivity index (χ0) is 8.43. The van der Waals surface area contributed by atoms with E-state index in [2.05, 4.69) is 0 Å². The molecular formula is C6H2F3OS+. The van der Waals surface area contributed by atoms with Gasteiger partial charge in [0.2, 0.25) is 5.82 Å². The molecule has 1 aromatic rings. The third kappa shape index (κ3) is 1.37. The van der Waals surface area contributed by atoms with Gasteiger partial charge in [0.25, 0.3) is 0 Å². The molecule has 0 fully saturated rings. The van der Waals surface area contributed by atoms with Crippen molar-refractivity contribution in [3.05, 3.63) is 29.6 Å². The Balaban J connectivity index is 3.36. The monoisotopic (exact) mass is 179 g/mol. The highest BCUT2D eigenvalue weighted by molar-refractivity contribution is 7.65. The van der Waals surface area contributed by atoms with E-state index in [1.54, 1.807) is 0 Å². The Hall–Kier alpha value is -0.970. The quantitative estimate of drug-likeness (QED) is 0.475. The summed E-state index contributed by atoms with van der Waals surface area (Å²) in [4.78, 5) is -0.441. The molecule has 0 N–H and O–H groups in total. The van der Waals surface area contributed by atoms with Gasteiger partial charge < -0.3 is 0 Å². The van der Waals surface area contributed by atoms with Crippen molar-refractivity contribution in [2.24, 2.45) is 0 Å². The summed E-state index contributed by atoms with van der Waals surface area (Å²) in [5, 5.41) is 0. The van der Waals surface area contributed by atoms with Crippen LogP contribution in [0, 0.1) is 17.5 Å². The van der Waals surface area contributed by atoms with Gasteiger partial charge in [0.15, 0.2) is 11.6 Å². The Morgan fingerprint density at radius 1 is 1.09 bits per heavy atom. The van der Waals surface area contributed by atoms with E-state index in [0.29, 0.717) is 6.07 Å². The van der Waals surface area contributed by atoms with Crippen LogP contribution in [0.15, 0.2) is 17.0 Å². The Labute approximate surface area is 64.3 Å². The first-order chi connectivity index (χ1) is 5.16. The molecule has 0 saturated heterocycles. The van der Waals surface area contributed by atoms with Crippen molar-refractivity contribution in [2.45, 2.75) is 4.90 Å². The molecule has 1 rings (SSSR count). The molecule has 0 bridgehead atoms. The van der Waals surface area contributed by atoms with Crippen molar-refractivity contribution < 1.29 is 17.4 Å². The molecule has 0 saturated carbocycles. The summed E-state index contributed by atoms with van der Waals surface area (Å²) >= 11 is -0.213. The highest BCUT2D eigenvalue weighted by Crippen LogP contribution is 2.14. The number of benzene rings is 1. The summed E-state index contributed by atoms with van der Waals surface area (Å²) in [5.41, 5.74) is 0. The van der Waals surface area contributed by atoms with Crippen LogP contribution in [0.3, 0.4) is 0 Å². The van der Waals surface area contributed by atoms with Crippen LogP contribution in [0.5, 0.6) is 0 Å². The molecule has 0 radical (unpaired) electrons. The van der Waals surface area contributed by atoms with Crippen LogP contribution in [0.25, 0.3) is 0 Å². The molecule has 1 aromatic carbocycles. The van der Waals surface area contributed by atoms with Crippen LogP contribution in [0.2, 0.25) is 0 Å². The van der Waals surface area contributed by atoms with Crippen molar-refractivity contribution >= 4 is 11.7 Å². The first kappa shape index (κ1) is 8.13. The van der Waals surface area contributed by atoms with Gasteiger partial charge in [-0.1, -0.05) is 0 Å². The van der Waals surface area contributed by atoms with Crippen LogP contribution >= 0.6 is 0 Å². The normalized spacial score (nSPS) is 9.73. The Morgan fingerprint density at radius 3 is 2.27 bits per heavy atom. The van der Waals surface area contributed by atoms with Gasteiger partial charge in [0.1, 0.15) is 0 Å². The minimum Gasteiger partial charge on any atom is -0.204 e. The highest BCUT2D eigenvalue weighted by Gasteiger charge is 2.21. The zero-order valence-electron chi connectivity index (χ0n) is 5.11. The van der Waals surface area contributed by atoms with E-state index in [4.69, 9.17) is 0 Å². The van der Waals surface area contributed by atoms with E-state index in [1.807, 2.05) is 0 Å². The zero-order valence-corrected chi connectivity index (χ0v) is 5.92. The molecule has 1 nitrogen and oxygen atoms in total. The van der Waals surface area contributed by atoms with Gasteiger partial charge in [0.05, 0.1) is 0 Å². The van der Waals surface area contributed by atoms with Crippen molar-refractivity contribution in [2.75, 3.05) is 0 Å². The van der Waals surface area contributed by atoms with Crippen molar-refractivity contribution in [3.63, 3.8) is 0 Å². The van der Waals surface area contributed by atoms with Crippen LogP contribution < -0.4 is 0 Å². The van der Waals surface area contributed by atoms with Gasteiger partial charge in [0, 0.05) is 10.3 Å². The van der Waals surface area contributed by atoms with Crippen molar-refractivity contribution in [1.29, 1.82) is 0 Å². The third-order valence-electron chi connectivity index (χ3n) is 1.09. The van der Waals surface area contributed by atoms with E-state index < -0.39 is 22.3 Å². The van der Waals surface area contributed by atoms with Gasteiger partial charge in [-0.25, -0.2) is 8.78 Å². The Morgan fingerprint density at radius 2 is 1.73 bits per heavy atom. The molecule has 58 valence electrons. The summed E-state index contributed by atoms with van der Waals surface area (Å²) in [5.74, 6) is -4.32. The maximum absolute atomic E-state index is 12.4. The lowest BCUT2D eigenvalue weighted by Gasteiger charge is -1.89. The van der Waals surface area contributed by atoms with Crippen molar-refractivity contribution in [1.82, 2.24) is 0 Å². The summed E-state index contributed by atoms with van der Waals surface area (Å²) < 4.78 is 46.9. The summed E-state index contributed by atoms with van der Waals surface area (Å²) in [6.45, 7) is 0. The summed E-state index contributed by atoms with van der Waals surface area (Å²) in [6.07, 6.45) is 0. The molecule has 0 atom stereocenters. The minimum atomic E-state index is -1.61. The van der Waals surface area contributed by atoms with Crippen LogP contribution in [-0.2, 0) is 15.9 Å². The fourth-order valence-electron chi connectivity index (χ4n) is 0.573. The number of halogens is 3. The second-order valence-electron chi connectivity index (χ2n) is 1.76. The maximum atomic E-state index is 12.4. The average molecular weight is 179 g/mol. The van der Waals surface area contributed by atoms with Crippen LogP contribution in [0.1, 0.15) is 0 Å². The first-order valence-corrected chi connectivity index (χ1v) is 3.34. The Bertz CT molecular complexity index is 300. The lowest BCUT2D eigenvalue weighted by Crippen LogP contribution is -1.92. The minimum absolute atomic E-state index is 0.213. The van der Waals surface area contributed by atoms with Gasteiger partial charge >= 0.3 is 16.6 Å². The molecule has 0 aliphatic rings. The Kier molecular flexibility index (Phi) is 2.19. The molecule has 0 unspecified atom stereocenters. The lowest BCUT2D eigenvalue weighted by atomic mass is 10.3. The van der Waals surface area contributed by atoms with E-state index in [1.165, 1.54) is 0 Å². The molecular weight excluding hydrogens is 177 g/mol. The molecule has 0 aromatic heterocycles. The molecule has 0 aliphatic carbocycles. The first-order valence-electron chi connectivity index (χ1n) is 2.60. The SMILES string of the molecule is O=[S+]c1ccc(F)c(F)c1F. The second-order valence-corrected chi connectivity index (χ2v) is 2.36. The second kappa shape index (κ2) is 2.96. The van der Waals surface area contributed by atoms with E-state index in [0.717, 1.165) is 6.07 Å². The molecule has 11 heavy (non-hydrogen) atoms. The average Bonchev–Trinajstić information content (AvgIpc) is 2.01. The highest BCUT2D eigenvalue weighted by atomic mass is 32.1. The molecule has 0 aliphatic heterocycles. The molecule has 5 heteroatoms. The van der Waals surface area contributed by atoms with Gasteiger partial charge in [-0.15, -0.1) is 0 Å². The maximum Gasteiger partial charge on any atom is 0.508 e. The van der Waals surface area contributed by atoms with Crippen LogP contribution in [-0.4, -0.2) is 0 Å². The largest absolute Gasteiger partial charge is 0.508 e. The molecule has 0 amide bonds. The summed E-state index contributed by atoms with van der Waals surface area (Å²) in [6, 6.07) is 1.60. The topological polar surface area (TPSA) is 17.1 Å². The fourth-order valence-corrected chi connectivity index (χ4v) is 0.859. The van der Waals surface area contributed by atoms with Gasteiger partial charge in [-0.2, -0.15) is 4.39 Å². The predicted octanol–water partition coefficient (Wildman–Crippen LogP) is 1.89. The molecule has 0 spiro atoms. The van der Waals surface area contributed by atoms with Gasteiger partial charge in [-0.05, 0) is 6.07 Å². The smallest absolute Gasteiger partial charge is 0.204 e. The lowest BCUT2D eigenvalue weighted by molar-refractivity contribution is 0.434. The number of rotatable bonds is 1. The fraction of sp³-hybridized carbons (Fsp3) is 0. The molecule has 0 heterocycles. The predicted molar refractivity (Wildman–Crippen MR) is 32.6 cm³/mol. The van der Waals surface area contributed by atoms with E-state index in [9.17, 15) is 17.4 Å². The van der Waals surface area contributed by atoms with Crippen molar-refractivity contribution in [3.8, 4) is 0 Å². The van der Waals surface area contributed by atoms with E-state index in [-0.39, 0.29) is 11.7 Å². The standard InChI is InChI=1S/C6H2F3OS/c7-3-1-2-4(11-10)6(9)5(3)8/h1-2H/q+1. The number of hydrogen-bond donors (Lipinski definition) is 0. The van der Waals surface area contributed by atoms with Crippen LogP contribution in [0.4, 0.5) is 13.2 Å².